The van der Waals surface area contributed by atoms with Crippen LogP contribution < -0.4 is 5.14 Å². The molecule has 0 aliphatic heterocycles. The molecule has 2 N–H and O–H groups in total. The Balaban J connectivity index is 2.99. The molecule has 1 heterocycles. The molecule has 0 saturated carbocycles. The van der Waals surface area contributed by atoms with Crippen molar-refractivity contribution in [1.82, 2.24) is 9.78 Å². The summed E-state index contributed by atoms with van der Waals surface area (Å²) in [4.78, 5) is 11.4. The molecular weight excluding hydrogens is 263 g/mol. The third-order valence-corrected chi connectivity index (χ3v) is 2.88. The highest BCUT2D eigenvalue weighted by Crippen LogP contribution is 2.11. The molecule has 1 amide bonds. The summed E-state index contributed by atoms with van der Waals surface area (Å²) in [6.45, 7) is 4.02. The lowest BCUT2D eigenvalue weighted by atomic mass is 10.2. The topological polar surface area (TPSA) is 99.6 Å². The zero-order valence-electron chi connectivity index (χ0n) is 10.3. The molecule has 7 nitrogen and oxygen atoms in total. The summed E-state index contributed by atoms with van der Waals surface area (Å²) < 4.78 is 33.2. The summed E-state index contributed by atoms with van der Waals surface area (Å²) in [5, 5.41) is 8.80. The molecule has 0 radical (unpaired) electrons. The van der Waals surface area contributed by atoms with Crippen LogP contribution in [0.2, 0.25) is 0 Å². The number of ether oxygens (including phenoxy) is 1. The fraction of sp³-hybridized carbons (Fsp3) is 0.556. The van der Waals surface area contributed by atoms with Crippen LogP contribution in [0, 0.1) is 0 Å². The second kappa shape index (κ2) is 5.02. The van der Waals surface area contributed by atoms with E-state index >= 15 is 0 Å². The van der Waals surface area contributed by atoms with E-state index in [2.05, 4.69) is 9.46 Å². The molecule has 0 aliphatic rings. The number of carbonyl (C=O) groups is 1. The molecule has 0 aromatic carbocycles. The van der Waals surface area contributed by atoms with Gasteiger partial charge in [0.2, 0.25) is 0 Å². The van der Waals surface area contributed by atoms with Crippen LogP contribution in [0.15, 0.2) is 21.7 Å². The van der Waals surface area contributed by atoms with Crippen molar-refractivity contribution in [3.05, 3.63) is 12.3 Å². The first-order valence-electron chi connectivity index (χ1n) is 5.01. The Morgan fingerprint density at radius 3 is 2.72 bits per heavy atom. The maximum Gasteiger partial charge on any atom is 0.443 e. The van der Waals surface area contributed by atoms with Crippen LogP contribution >= 0.6 is 0 Å². The number of aromatic nitrogens is 2. The largest absolute Gasteiger partial charge is 0.443 e. The van der Waals surface area contributed by atoms with E-state index in [1.54, 1.807) is 20.8 Å². The van der Waals surface area contributed by atoms with E-state index in [0.717, 1.165) is 4.68 Å². The van der Waals surface area contributed by atoms with Crippen LogP contribution in [-0.4, -0.2) is 25.7 Å². The van der Waals surface area contributed by atoms with E-state index < -0.39 is 28.4 Å². The van der Waals surface area contributed by atoms with Crippen LogP contribution in [0.25, 0.3) is 0 Å². The fourth-order valence-electron chi connectivity index (χ4n) is 1.00. The number of hydrogen-bond donors (Lipinski definition) is 1. The van der Waals surface area contributed by atoms with Crippen molar-refractivity contribution in [2.75, 3.05) is 0 Å². The summed E-state index contributed by atoms with van der Waals surface area (Å²) in [6.07, 6.45) is 0.191. The molecule has 0 fully saturated rings. The van der Waals surface area contributed by atoms with E-state index in [9.17, 15) is 13.4 Å². The molecule has 18 heavy (non-hydrogen) atoms. The summed E-state index contributed by atoms with van der Waals surface area (Å²) in [6, 6.07) is 1.23. The molecule has 0 saturated heterocycles. The summed E-state index contributed by atoms with van der Waals surface area (Å²) in [5.74, 6) is 0. The van der Waals surface area contributed by atoms with Crippen molar-refractivity contribution in [3.8, 4) is 0 Å². The van der Waals surface area contributed by atoms with Gasteiger partial charge in [-0.25, -0.2) is 23.2 Å². The van der Waals surface area contributed by atoms with Gasteiger partial charge in [-0.15, -0.1) is 4.36 Å². The zero-order valence-corrected chi connectivity index (χ0v) is 11.1. The molecule has 1 unspecified atom stereocenters. The van der Waals surface area contributed by atoms with Crippen LogP contribution in [0.1, 0.15) is 20.8 Å². The van der Waals surface area contributed by atoms with Crippen molar-refractivity contribution in [2.45, 2.75) is 38.2 Å². The van der Waals surface area contributed by atoms with Gasteiger partial charge in [-0.2, -0.15) is 5.10 Å². The SMILES string of the molecule is CC(C)(C)OC(=O)N=S(N)(=O)c1ccn(CF)n1. The maximum atomic E-state index is 12.3. The summed E-state index contributed by atoms with van der Waals surface area (Å²) in [7, 11) is -3.52. The van der Waals surface area contributed by atoms with E-state index in [4.69, 9.17) is 9.88 Å². The average molecular weight is 278 g/mol. The Kier molecular flexibility index (Phi) is 4.07. The zero-order chi connectivity index (χ0) is 14.0. The Bertz CT molecular complexity index is 554. The number of rotatable bonds is 2. The number of halogens is 1. The first-order valence-corrected chi connectivity index (χ1v) is 6.59. The average Bonchev–Trinajstić information content (AvgIpc) is 2.61. The molecule has 1 aromatic rings. The van der Waals surface area contributed by atoms with E-state index in [-0.39, 0.29) is 5.03 Å². The first-order chi connectivity index (χ1) is 8.14. The van der Waals surface area contributed by atoms with Crippen LogP contribution in [0.4, 0.5) is 9.18 Å². The highest BCUT2D eigenvalue weighted by atomic mass is 32.2. The minimum atomic E-state index is -3.52. The minimum absolute atomic E-state index is 0.175. The van der Waals surface area contributed by atoms with Crippen molar-refractivity contribution in [2.24, 2.45) is 9.50 Å². The van der Waals surface area contributed by atoms with Crippen molar-refractivity contribution < 1.29 is 18.1 Å². The monoisotopic (exact) mass is 278 g/mol. The van der Waals surface area contributed by atoms with Gasteiger partial charge in [0.1, 0.15) is 5.60 Å². The number of amides is 1. The molecule has 0 spiro atoms. The third-order valence-electron chi connectivity index (χ3n) is 1.64. The number of hydrogen-bond acceptors (Lipinski definition) is 4. The molecule has 0 aliphatic carbocycles. The first kappa shape index (κ1) is 14.6. The van der Waals surface area contributed by atoms with Crippen molar-refractivity contribution in [1.29, 1.82) is 0 Å². The highest BCUT2D eigenvalue weighted by Gasteiger charge is 2.19. The molecule has 0 bridgehead atoms. The normalized spacial score (nSPS) is 14.9. The van der Waals surface area contributed by atoms with Gasteiger partial charge in [-0.05, 0) is 26.8 Å². The third kappa shape index (κ3) is 4.08. The minimum Gasteiger partial charge on any atom is -0.442 e. The van der Waals surface area contributed by atoms with Gasteiger partial charge >= 0.3 is 6.09 Å². The van der Waals surface area contributed by atoms with Gasteiger partial charge in [-0.3, -0.25) is 0 Å². The lowest BCUT2D eigenvalue weighted by Gasteiger charge is -2.17. The second-order valence-electron chi connectivity index (χ2n) is 4.45. The molecule has 102 valence electrons. The number of alkyl halides is 1. The molecule has 1 atom stereocenters. The van der Waals surface area contributed by atoms with E-state index in [1.165, 1.54) is 12.3 Å². The maximum absolute atomic E-state index is 12.3. The van der Waals surface area contributed by atoms with Crippen LogP contribution in [-0.2, 0) is 21.5 Å². The number of carbonyl (C=O) groups excluding carboxylic acids is 1. The summed E-state index contributed by atoms with van der Waals surface area (Å²) >= 11 is 0. The summed E-state index contributed by atoms with van der Waals surface area (Å²) in [5.41, 5.74) is -0.769. The van der Waals surface area contributed by atoms with Gasteiger partial charge in [-0.1, -0.05) is 0 Å². The quantitative estimate of drug-likeness (QED) is 0.884. The van der Waals surface area contributed by atoms with Gasteiger partial charge < -0.3 is 4.74 Å². The predicted molar refractivity (Wildman–Crippen MR) is 62.6 cm³/mol. The predicted octanol–water partition coefficient (Wildman–Crippen LogP) is 1.45. The van der Waals surface area contributed by atoms with Crippen LogP contribution in [0.5, 0.6) is 0 Å². The molecule has 1 aromatic heterocycles. The smallest absolute Gasteiger partial charge is 0.442 e. The van der Waals surface area contributed by atoms with Crippen molar-refractivity contribution >= 4 is 16.0 Å². The van der Waals surface area contributed by atoms with Gasteiger partial charge in [0.25, 0.3) is 0 Å². The Morgan fingerprint density at radius 2 is 2.28 bits per heavy atom. The second-order valence-corrected chi connectivity index (χ2v) is 6.19. The van der Waals surface area contributed by atoms with Crippen molar-refractivity contribution in [3.63, 3.8) is 0 Å². The Morgan fingerprint density at radius 1 is 1.67 bits per heavy atom. The fourth-order valence-corrected chi connectivity index (χ4v) is 1.83. The lowest BCUT2D eigenvalue weighted by Crippen LogP contribution is -2.24. The highest BCUT2D eigenvalue weighted by molar-refractivity contribution is 7.91. The Labute approximate surface area is 104 Å². The molecule has 9 heteroatoms. The van der Waals surface area contributed by atoms with Crippen LogP contribution in [0.3, 0.4) is 0 Å². The van der Waals surface area contributed by atoms with Gasteiger partial charge in [0, 0.05) is 6.20 Å². The molecule has 1 rings (SSSR count). The molecular formula is C9H15FN4O3S. The number of nitrogens with two attached hydrogens (primary N) is 1. The Hall–Kier alpha value is -1.48. The van der Waals surface area contributed by atoms with E-state index in [0.29, 0.717) is 0 Å². The standard InChI is InChI=1S/C9H15FN4O3S/c1-9(2,3)17-8(15)13-18(11,16)7-4-5-14(6-10)12-7/h4-5H,6H2,1-3H3,(H2,11,13,15,16). The number of nitrogens with zero attached hydrogens (tertiary/aromatic N) is 3. The van der Waals surface area contributed by atoms with Gasteiger partial charge in [0.15, 0.2) is 21.7 Å². The van der Waals surface area contributed by atoms with E-state index in [1.807, 2.05) is 0 Å². The van der Waals surface area contributed by atoms with Gasteiger partial charge in [0.05, 0.1) is 0 Å². The lowest BCUT2D eigenvalue weighted by molar-refractivity contribution is 0.0607.